The van der Waals surface area contributed by atoms with Crippen molar-refractivity contribution < 1.29 is 9.53 Å². The number of unbranched alkanes of at least 4 members (excludes halogenated alkanes) is 1. The van der Waals surface area contributed by atoms with Crippen molar-refractivity contribution in [2.75, 3.05) is 0 Å². The van der Waals surface area contributed by atoms with Gasteiger partial charge in [-0.1, -0.05) is 67.7 Å². The zero-order chi connectivity index (χ0) is 18.0. The second-order valence-electron chi connectivity index (χ2n) is 6.29. The van der Waals surface area contributed by atoms with Crippen LogP contribution in [0, 0.1) is 0 Å². The average Bonchev–Trinajstić information content (AvgIpc) is 3.03. The molecule has 0 N–H and O–H groups in total. The Kier molecular flexibility index (Phi) is 13.3. The quantitative estimate of drug-likeness (QED) is 0.214. The van der Waals surface area contributed by atoms with Crippen LogP contribution in [0.1, 0.15) is 71.1 Å². The molecule has 1 fully saturated rings. The molecule has 1 aliphatic rings. The Bertz CT molecular complexity index is 480. The van der Waals surface area contributed by atoms with E-state index in [0.29, 0.717) is 6.42 Å². The molecule has 0 aromatic rings. The molecule has 0 aromatic heterocycles. The predicted molar refractivity (Wildman–Crippen MR) is 107 cm³/mol. The molecule has 0 bridgehead atoms. The molecule has 1 unspecified atom stereocenters. The summed E-state index contributed by atoms with van der Waals surface area (Å²) in [7, 11) is 0. The Balaban J connectivity index is 1.91. The first-order valence-corrected chi connectivity index (χ1v) is 9.77. The summed E-state index contributed by atoms with van der Waals surface area (Å²) >= 11 is 0. The number of carbonyl (C=O) groups is 1. The van der Waals surface area contributed by atoms with Crippen LogP contribution in [0.3, 0.4) is 0 Å². The van der Waals surface area contributed by atoms with Gasteiger partial charge in [0.05, 0.1) is 0 Å². The Morgan fingerprint density at radius 3 is 1.84 bits per heavy atom. The summed E-state index contributed by atoms with van der Waals surface area (Å²) < 4.78 is 5.20. The van der Waals surface area contributed by atoms with Gasteiger partial charge in [-0.15, -0.1) is 0 Å². The third kappa shape index (κ3) is 13.2. The fourth-order valence-electron chi connectivity index (χ4n) is 2.62. The van der Waals surface area contributed by atoms with Crippen LogP contribution in [0.2, 0.25) is 0 Å². The summed E-state index contributed by atoms with van der Waals surface area (Å²) in [4.78, 5) is 11.0. The Labute approximate surface area is 154 Å². The number of cyclic esters (lactones) is 1. The van der Waals surface area contributed by atoms with Crippen molar-refractivity contribution in [3.63, 3.8) is 0 Å². The van der Waals surface area contributed by atoms with Crippen LogP contribution in [-0.2, 0) is 9.53 Å². The third-order valence-corrected chi connectivity index (χ3v) is 4.02. The van der Waals surface area contributed by atoms with Crippen molar-refractivity contribution in [3.05, 3.63) is 60.8 Å². The average molecular weight is 343 g/mol. The molecule has 0 radical (unpaired) electrons. The summed E-state index contributed by atoms with van der Waals surface area (Å²) in [5.74, 6) is -0.0279. The molecule has 0 aliphatic carbocycles. The minimum absolute atomic E-state index is 0.0279. The van der Waals surface area contributed by atoms with E-state index >= 15 is 0 Å². The lowest BCUT2D eigenvalue weighted by Gasteiger charge is -2.06. The molecule has 138 valence electrons. The molecule has 1 atom stereocenters. The molecule has 25 heavy (non-hydrogen) atoms. The SMILES string of the molecule is CC/C=C\C/C=C\C/C=C\C/C=C\C/C=C\CCCC1CCC(=O)O1. The van der Waals surface area contributed by atoms with Gasteiger partial charge >= 0.3 is 5.97 Å². The summed E-state index contributed by atoms with van der Waals surface area (Å²) in [6.07, 6.45) is 32.2. The molecule has 0 spiro atoms. The number of esters is 1. The largest absolute Gasteiger partial charge is 0.462 e. The number of rotatable bonds is 13. The van der Waals surface area contributed by atoms with E-state index < -0.39 is 0 Å². The van der Waals surface area contributed by atoms with Crippen molar-refractivity contribution in [3.8, 4) is 0 Å². The van der Waals surface area contributed by atoms with Crippen molar-refractivity contribution in [2.24, 2.45) is 0 Å². The highest BCUT2D eigenvalue weighted by Crippen LogP contribution is 2.18. The van der Waals surface area contributed by atoms with Gasteiger partial charge < -0.3 is 4.74 Å². The van der Waals surface area contributed by atoms with Gasteiger partial charge in [0.25, 0.3) is 0 Å². The zero-order valence-electron chi connectivity index (χ0n) is 15.7. The van der Waals surface area contributed by atoms with Gasteiger partial charge in [0, 0.05) is 6.42 Å². The minimum atomic E-state index is -0.0279. The molecule has 0 aromatic carbocycles. The Morgan fingerprint density at radius 2 is 1.36 bits per heavy atom. The van der Waals surface area contributed by atoms with E-state index in [1.807, 2.05) is 0 Å². The van der Waals surface area contributed by atoms with Gasteiger partial charge in [-0.2, -0.15) is 0 Å². The van der Waals surface area contributed by atoms with Crippen molar-refractivity contribution in [1.82, 2.24) is 0 Å². The van der Waals surface area contributed by atoms with Crippen LogP contribution >= 0.6 is 0 Å². The number of carbonyl (C=O) groups excluding carboxylic acids is 1. The molecular formula is C23H34O2. The summed E-state index contributed by atoms with van der Waals surface area (Å²) in [5, 5.41) is 0. The topological polar surface area (TPSA) is 26.3 Å². The van der Waals surface area contributed by atoms with E-state index in [2.05, 4.69) is 67.7 Å². The van der Waals surface area contributed by atoms with Gasteiger partial charge in [-0.3, -0.25) is 4.79 Å². The van der Waals surface area contributed by atoms with Crippen molar-refractivity contribution in [2.45, 2.75) is 77.2 Å². The number of ether oxygens (including phenoxy) is 1. The van der Waals surface area contributed by atoms with E-state index in [4.69, 9.17) is 4.74 Å². The molecule has 1 aliphatic heterocycles. The first-order chi connectivity index (χ1) is 12.3. The second kappa shape index (κ2) is 15.7. The monoisotopic (exact) mass is 342 g/mol. The van der Waals surface area contributed by atoms with Gasteiger partial charge in [-0.05, 0) is 57.8 Å². The summed E-state index contributed by atoms with van der Waals surface area (Å²) in [6, 6.07) is 0. The highest BCUT2D eigenvalue weighted by Gasteiger charge is 2.21. The van der Waals surface area contributed by atoms with E-state index in [1.165, 1.54) is 0 Å². The van der Waals surface area contributed by atoms with E-state index in [-0.39, 0.29) is 12.1 Å². The van der Waals surface area contributed by atoms with Crippen molar-refractivity contribution >= 4 is 5.97 Å². The smallest absolute Gasteiger partial charge is 0.306 e. The molecular weight excluding hydrogens is 308 g/mol. The lowest BCUT2D eigenvalue weighted by atomic mass is 10.1. The number of hydrogen-bond donors (Lipinski definition) is 0. The van der Waals surface area contributed by atoms with Crippen LogP contribution in [0.5, 0.6) is 0 Å². The van der Waals surface area contributed by atoms with E-state index in [9.17, 15) is 4.79 Å². The standard InChI is InChI=1S/C23H34O2/c1-2-3-4-5-6-7-8-9-10-11-12-13-14-15-16-17-18-19-22-20-21-23(24)25-22/h3-4,6-7,9-10,12-13,15-16,22H,2,5,8,11,14,17-21H2,1H3/b4-3-,7-6-,10-9-,13-12-,16-15-. The predicted octanol–water partition coefficient (Wildman–Crippen LogP) is 6.61. The fourth-order valence-corrected chi connectivity index (χ4v) is 2.62. The lowest BCUT2D eigenvalue weighted by molar-refractivity contribution is -0.141. The lowest BCUT2D eigenvalue weighted by Crippen LogP contribution is -2.05. The number of hydrogen-bond acceptors (Lipinski definition) is 2. The Morgan fingerprint density at radius 1 is 0.840 bits per heavy atom. The molecule has 1 rings (SSSR count). The van der Waals surface area contributed by atoms with Gasteiger partial charge in [0.2, 0.25) is 0 Å². The van der Waals surface area contributed by atoms with Gasteiger partial charge in [0.15, 0.2) is 0 Å². The zero-order valence-corrected chi connectivity index (χ0v) is 15.7. The maximum absolute atomic E-state index is 11.0. The number of allylic oxidation sites excluding steroid dienone is 10. The normalized spacial score (nSPS) is 18.8. The van der Waals surface area contributed by atoms with Crippen LogP contribution in [0.15, 0.2) is 60.8 Å². The molecule has 1 heterocycles. The first kappa shape index (κ1) is 21.2. The van der Waals surface area contributed by atoms with Crippen LogP contribution in [-0.4, -0.2) is 12.1 Å². The third-order valence-electron chi connectivity index (χ3n) is 4.02. The first-order valence-electron chi connectivity index (χ1n) is 9.77. The van der Waals surface area contributed by atoms with E-state index in [1.54, 1.807) is 0 Å². The second-order valence-corrected chi connectivity index (χ2v) is 6.29. The van der Waals surface area contributed by atoms with Crippen LogP contribution in [0.25, 0.3) is 0 Å². The minimum Gasteiger partial charge on any atom is -0.462 e. The van der Waals surface area contributed by atoms with E-state index in [0.717, 1.165) is 57.8 Å². The molecule has 2 nitrogen and oxygen atoms in total. The van der Waals surface area contributed by atoms with Gasteiger partial charge in [0.1, 0.15) is 6.10 Å². The summed E-state index contributed by atoms with van der Waals surface area (Å²) in [6.45, 7) is 2.16. The van der Waals surface area contributed by atoms with Gasteiger partial charge in [-0.25, -0.2) is 0 Å². The van der Waals surface area contributed by atoms with Crippen LogP contribution in [0.4, 0.5) is 0 Å². The molecule has 1 saturated heterocycles. The van der Waals surface area contributed by atoms with Crippen LogP contribution < -0.4 is 0 Å². The van der Waals surface area contributed by atoms with Crippen molar-refractivity contribution in [1.29, 1.82) is 0 Å². The summed E-state index contributed by atoms with van der Waals surface area (Å²) in [5.41, 5.74) is 0. The Hall–Kier alpha value is -1.83. The highest BCUT2D eigenvalue weighted by atomic mass is 16.5. The maximum atomic E-state index is 11.0. The fraction of sp³-hybridized carbons (Fsp3) is 0.522. The molecule has 0 amide bonds. The molecule has 2 heteroatoms. The molecule has 0 saturated carbocycles. The highest BCUT2D eigenvalue weighted by molar-refractivity contribution is 5.71. The maximum Gasteiger partial charge on any atom is 0.306 e.